The number of aromatic nitrogens is 1. The van der Waals surface area contributed by atoms with Crippen molar-refractivity contribution in [2.75, 3.05) is 14.1 Å². The zero-order valence-electron chi connectivity index (χ0n) is 12.6. The second-order valence-electron chi connectivity index (χ2n) is 5.37. The van der Waals surface area contributed by atoms with Crippen LogP contribution < -0.4 is 5.32 Å². The lowest BCUT2D eigenvalue weighted by atomic mass is 10.0. The SMILES string of the molecule is CCc1ncc(CNC(CC(C)C)C(=O)N(C)C)s1. The zero-order valence-corrected chi connectivity index (χ0v) is 13.4. The van der Waals surface area contributed by atoms with Gasteiger partial charge in [0.05, 0.1) is 11.0 Å². The Morgan fingerprint density at radius 3 is 2.63 bits per heavy atom. The van der Waals surface area contributed by atoms with Crippen molar-refractivity contribution < 1.29 is 4.79 Å². The van der Waals surface area contributed by atoms with Gasteiger partial charge < -0.3 is 10.2 Å². The molecule has 0 aliphatic heterocycles. The molecule has 0 fully saturated rings. The van der Waals surface area contributed by atoms with Crippen LogP contribution in [-0.4, -0.2) is 35.9 Å². The summed E-state index contributed by atoms with van der Waals surface area (Å²) < 4.78 is 0. The molecule has 1 aromatic rings. The Morgan fingerprint density at radius 2 is 2.16 bits per heavy atom. The van der Waals surface area contributed by atoms with Gasteiger partial charge in [-0.25, -0.2) is 4.98 Å². The average molecular weight is 283 g/mol. The first-order chi connectivity index (χ1) is 8.93. The number of thiazole rings is 1. The number of carbonyl (C=O) groups excluding carboxylic acids is 1. The normalized spacial score (nSPS) is 12.7. The van der Waals surface area contributed by atoms with E-state index in [2.05, 4.69) is 31.1 Å². The Balaban J connectivity index is 2.59. The summed E-state index contributed by atoms with van der Waals surface area (Å²) in [5.41, 5.74) is 0. The van der Waals surface area contributed by atoms with E-state index in [1.54, 1.807) is 30.3 Å². The van der Waals surface area contributed by atoms with Gasteiger partial charge in [-0.2, -0.15) is 0 Å². The molecule has 0 bridgehead atoms. The second kappa shape index (κ2) is 7.60. The lowest BCUT2D eigenvalue weighted by Gasteiger charge is -2.23. The lowest BCUT2D eigenvalue weighted by Crippen LogP contribution is -2.44. The van der Waals surface area contributed by atoms with Crippen LogP contribution >= 0.6 is 11.3 Å². The summed E-state index contributed by atoms with van der Waals surface area (Å²) >= 11 is 1.72. The molecule has 0 radical (unpaired) electrons. The molecule has 0 saturated carbocycles. The van der Waals surface area contributed by atoms with Gasteiger partial charge in [0.25, 0.3) is 0 Å². The molecule has 1 amide bonds. The van der Waals surface area contributed by atoms with Crippen LogP contribution in [0.25, 0.3) is 0 Å². The quantitative estimate of drug-likeness (QED) is 0.835. The van der Waals surface area contributed by atoms with E-state index in [1.807, 2.05) is 6.20 Å². The van der Waals surface area contributed by atoms with Gasteiger partial charge in [-0.1, -0.05) is 20.8 Å². The summed E-state index contributed by atoms with van der Waals surface area (Å²) in [5.74, 6) is 0.642. The highest BCUT2D eigenvalue weighted by Crippen LogP contribution is 2.14. The molecular formula is C14H25N3OS. The fourth-order valence-corrected chi connectivity index (χ4v) is 2.68. The summed E-state index contributed by atoms with van der Waals surface area (Å²) in [6.45, 7) is 7.10. The first-order valence-corrected chi connectivity index (χ1v) is 7.63. The Bertz CT molecular complexity index is 401. The van der Waals surface area contributed by atoms with E-state index in [9.17, 15) is 4.79 Å². The number of hydrogen-bond acceptors (Lipinski definition) is 4. The molecule has 19 heavy (non-hydrogen) atoms. The van der Waals surface area contributed by atoms with Crippen LogP contribution in [0.1, 0.15) is 37.1 Å². The Kier molecular flexibility index (Phi) is 6.45. The molecule has 0 saturated heterocycles. The van der Waals surface area contributed by atoms with Crippen molar-refractivity contribution in [1.82, 2.24) is 15.2 Å². The predicted octanol–water partition coefficient (Wildman–Crippen LogP) is 2.30. The maximum absolute atomic E-state index is 12.1. The van der Waals surface area contributed by atoms with E-state index < -0.39 is 0 Å². The number of aryl methyl sites for hydroxylation is 1. The zero-order chi connectivity index (χ0) is 14.4. The molecule has 108 valence electrons. The highest BCUT2D eigenvalue weighted by molar-refractivity contribution is 7.11. The van der Waals surface area contributed by atoms with Gasteiger partial charge >= 0.3 is 0 Å². The molecule has 1 atom stereocenters. The first kappa shape index (κ1) is 16.1. The summed E-state index contributed by atoms with van der Waals surface area (Å²) in [7, 11) is 3.61. The molecule has 4 nitrogen and oxygen atoms in total. The van der Waals surface area contributed by atoms with E-state index in [0.717, 1.165) is 17.8 Å². The molecule has 0 aliphatic rings. The second-order valence-corrected chi connectivity index (χ2v) is 6.57. The van der Waals surface area contributed by atoms with E-state index in [0.29, 0.717) is 12.5 Å². The number of amides is 1. The first-order valence-electron chi connectivity index (χ1n) is 6.82. The molecule has 0 spiro atoms. The summed E-state index contributed by atoms with van der Waals surface area (Å²) in [4.78, 5) is 19.3. The van der Waals surface area contributed by atoms with Crippen LogP contribution in [0.5, 0.6) is 0 Å². The molecule has 1 unspecified atom stereocenters. The fourth-order valence-electron chi connectivity index (χ4n) is 1.87. The Morgan fingerprint density at radius 1 is 1.47 bits per heavy atom. The predicted molar refractivity (Wildman–Crippen MR) is 80.3 cm³/mol. The molecule has 1 aromatic heterocycles. The van der Waals surface area contributed by atoms with Crippen molar-refractivity contribution in [2.45, 2.75) is 46.2 Å². The highest BCUT2D eigenvalue weighted by atomic mass is 32.1. The lowest BCUT2D eigenvalue weighted by molar-refractivity contribution is -0.131. The van der Waals surface area contributed by atoms with Crippen LogP contribution in [0.2, 0.25) is 0 Å². The average Bonchev–Trinajstić information content (AvgIpc) is 2.80. The third-order valence-electron chi connectivity index (χ3n) is 2.87. The van der Waals surface area contributed by atoms with Crippen LogP contribution in [0, 0.1) is 5.92 Å². The number of nitrogens with zero attached hydrogens (tertiary/aromatic N) is 2. The highest BCUT2D eigenvalue weighted by Gasteiger charge is 2.20. The molecule has 0 aliphatic carbocycles. The number of nitrogens with one attached hydrogen (secondary N) is 1. The van der Waals surface area contributed by atoms with Gasteiger partial charge in [-0.05, 0) is 18.8 Å². The van der Waals surface area contributed by atoms with Crippen LogP contribution in [0.15, 0.2) is 6.20 Å². The van der Waals surface area contributed by atoms with Gasteiger partial charge in [-0.3, -0.25) is 4.79 Å². The largest absolute Gasteiger partial charge is 0.347 e. The number of likely N-dealkylation sites (N-methyl/N-ethyl adjacent to an activating group) is 1. The van der Waals surface area contributed by atoms with Crippen LogP contribution in [-0.2, 0) is 17.8 Å². The summed E-state index contributed by atoms with van der Waals surface area (Å²) in [5, 5.41) is 4.51. The van der Waals surface area contributed by atoms with Crippen molar-refractivity contribution in [1.29, 1.82) is 0 Å². The third-order valence-corrected chi connectivity index (χ3v) is 4.01. The topological polar surface area (TPSA) is 45.2 Å². The van der Waals surface area contributed by atoms with E-state index >= 15 is 0 Å². The minimum Gasteiger partial charge on any atom is -0.347 e. The van der Waals surface area contributed by atoms with Crippen molar-refractivity contribution >= 4 is 17.2 Å². The minimum absolute atomic E-state index is 0.109. The van der Waals surface area contributed by atoms with Crippen molar-refractivity contribution in [2.24, 2.45) is 5.92 Å². The summed E-state index contributed by atoms with van der Waals surface area (Å²) in [6, 6.07) is -0.109. The summed E-state index contributed by atoms with van der Waals surface area (Å²) in [6.07, 6.45) is 3.73. The van der Waals surface area contributed by atoms with Gasteiger partial charge in [0.15, 0.2) is 0 Å². The van der Waals surface area contributed by atoms with Crippen LogP contribution in [0.4, 0.5) is 0 Å². The molecule has 1 heterocycles. The number of rotatable bonds is 7. The molecule has 0 aromatic carbocycles. The Labute approximate surface area is 120 Å². The fraction of sp³-hybridized carbons (Fsp3) is 0.714. The molecular weight excluding hydrogens is 258 g/mol. The molecule has 1 N–H and O–H groups in total. The Hall–Kier alpha value is -0.940. The molecule has 1 rings (SSSR count). The van der Waals surface area contributed by atoms with Gasteiger partial charge in [0, 0.05) is 31.7 Å². The number of carbonyl (C=O) groups is 1. The van der Waals surface area contributed by atoms with Gasteiger partial charge in [0.2, 0.25) is 5.91 Å². The van der Waals surface area contributed by atoms with Crippen LogP contribution in [0.3, 0.4) is 0 Å². The monoisotopic (exact) mass is 283 g/mol. The van der Waals surface area contributed by atoms with Gasteiger partial charge in [0.1, 0.15) is 0 Å². The van der Waals surface area contributed by atoms with Gasteiger partial charge in [-0.15, -0.1) is 11.3 Å². The maximum Gasteiger partial charge on any atom is 0.239 e. The standard InChI is InChI=1S/C14H25N3OS/c1-6-13-16-9-11(19-13)8-15-12(7-10(2)3)14(18)17(4)5/h9-10,12,15H,6-8H2,1-5H3. The van der Waals surface area contributed by atoms with Crippen molar-refractivity contribution in [3.63, 3.8) is 0 Å². The maximum atomic E-state index is 12.1. The third kappa shape index (κ3) is 5.28. The van der Waals surface area contributed by atoms with E-state index in [1.165, 1.54) is 4.88 Å². The van der Waals surface area contributed by atoms with Crippen molar-refractivity contribution in [3.8, 4) is 0 Å². The smallest absolute Gasteiger partial charge is 0.239 e. The van der Waals surface area contributed by atoms with Crippen molar-refractivity contribution in [3.05, 3.63) is 16.1 Å². The number of hydrogen-bond donors (Lipinski definition) is 1. The van der Waals surface area contributed by atoms with E-state index in [4.69, 9.17) is 0 Å². The minimum atomic E-state index is -0.109. The molecule has 5 heteroatoms. The van der Waals surface area contributed by atoms with E-state index in [-0.39, 0.29) is 11.9 Å².